The second kappa shape index (κ2) is 3.53. The van der Waals surface area contributed by atoms with Crippen LogP contribution in [0.3, 0.4) is 0 Å². The molecule has 0 aliphatic carbocycles. The Morgan fingerprint density at radius 1 is 1.90 bits per heavy atom. The van der Waals surface area contributed by atoms with Crippen LogP contribution in [0.2, 0.25) is 4.47 Å². The molecule has 10 heavy (non-hydrogen) atoms. The zero-order valence-electron chi connectivity index (χ0n) is 5.00. The fourth-order valence-electron chi connectivity index (χ4n) is 0.508. The van der Waals surface area contributed by atoms with Crippen molar-refractivity contribution in [3.05, 3.63) is 15.5 Å². The highest BCUT2D eigenvalue weighted by atomic mass is 35.5. The Kier molecular flexibility index (Phi) is 2.65. The molecule has 0 spiro atoms. The third-order valence-electron chi connectivity index (χ3n) is 0.885. The summed E-state index contributed by atoms with van der Waals surface area (Å²) in [5.41, 5.74) is 0. The predicted molar refractivity (Wildman–Crippen MR) is 40.0 cm³/mol. The molecule has 0 aliphatic heterocycles. The molecule has 0 bridgehead atoms. The van der Waals surface area contributed by atoms with Crippen LogP contribution in [-0.2, 0) is 11.3 Å². The summed E-state index contributed by atoms with van der Waals surface area (Å²) in [6, 6.07) is 0. The number of nitrogens with zero attached hydrogens (tertiary/aromatic N) is 1. The van der Waals surface area contributed by atoms with Gasteiger partial charge < -0.3 is 5.32 Å². The number of amides is 1. The number of thiazole rings is 1. The van der Waals surface area contributed by atoms with Gasteiger partial charge in [-0.1, -0.05) is 11.6 Å². The second-order valence-electron chi connectivity index (χ2n) is 1.58. The summed E-state index contributed by atoms with van der Waals surface area (Å²) in [6.07, 6.45) is 2.29. The van der Waals surface area contributed by atoms with Crippen LogP contribution in [0.15, 0.2) is 6.20 Å². The van der Waals surface area contributed by atoms with Crippen molar-refractivity contribution in [3.8, 4) is 0 Å². The van der Waals surface area contributed by atoms with Gasteiger partial charge >= 0.3 is 0 Å². The molecule has 1 aromatic rings. The van der Waals surface area contributed by atoms with Gasteiger partial charge in [0, 0.05) is 11.1 Å². The van der Waals surface area contributed by atoms with E-state index < -0.39 is 0 Å². The fourth-order valence-corrected chi connectivity index (χ4v) is 1.44. The van der Waals surface area contributed by atoms with Crippen LogP contribution in [0.5, 0.6) is 0 Å². The van der Waals surface area contributed by atoms with E-state index in [1.165, 1.54) is 11.3 Å². The third-order valence-corrected chi connectivity index (χ3v) is 2.00. The Hall–Kier alpha value is -0.610. The van der Waals surface area contributed by atoms with Gasteiger partial charge in [0.25, 0.3) is 0 Å². The maximum absolute atomic E-state index is 9.83. The first-order valence-corrected chi connectivity index (χ1v) is 3.79. The van der Waals surface area contributed by atoms with Crippen molar-refractivity contribution in [2.75, 3.05) is 0 Å². The minimum atomic E-state index is 0.502. The Morgan fingerprint density at radius 2 is 2.70 bits per heavy atom. The van der Waals surface area contributed by atoms with Crippen molar-refractivity contribution in [2.45, 2.75) is 6.54 Å². The standard InChI is InChI=1S/C5H5ClN2OS/c6-5-8-2-4(10-5)1-7-3-9/h2-3H,1H2,(H,7,9). The maximum atomic E-state index is 9.83. The van der Waals surface area contributed by atoms with E-state index in [1.807, 2.05) is 0 Å². The molecule has 5 heteroatoms. The van der Waals surface area contributed by atoms with Crippen molar-refractivity contribution in [2.24, 2.45) is 0 Å². The lowest BCUT2D eigenvalue weighted by Crippen LogP contribution is -2.07. The molecule has 0 saturated heterocycles. The van der Waals surface area contributed by atoms with Crippen LogP contribution in [0, 0.1) is 0 Å². The number of nitrogens with one attached hydrogen (secondary N) is 1. The Balaban J connectivity index is 2.49. The number of hydrogen-bond acceptors (Lipinski definition) is 3. The van der Waals surface area contributed by atoms with E-state index in [4.69, 9.17) is 11.6 Å². The van der Waals surface area contributed by atoms with E-state index in [-0.39, 0.29) is 0 Å². The molecule has 1 heterocycles. The second-order valence-corrected chi connectivity index (χ2v) is 3.28. The average Bonchev–Trinajstić information content (AvgIpc) is 2.31. The first-order valence-electron chi connectivity index (χ1n) is 2.60. The van der Waals surface area contributed by atoms with Gasteiger partial charge in [-0.3, -0.25) is 4.79 Å². The summed E-state index contributed by atoms with van der Waals surface area (Å²) in [7, 11) is 0. The molecule has 3 nitrogen and oxygen atoms in total. The molecule has 0 saturated carbocycles. The molecule has 1 aromatic heterocycles. The largest absolute Gasteiger partial charge is 0.354 e. The lowest BCUT2D eigenvalue weighted by molar-refractivity contribution is -0.109. The van der Waals surface area contributed by atoms with E-state index in [0.29, 0.717) is 17.4 Å². The molecule has 0 aliphatic rings. The first kappa shape index (κ1) is 7.50. The van der Waals surface area contributed by atoms with Gasteiger partial charge in [0.15, 0.2) is 4.47 Å². The lowest BCUT2D eigenvalue weighted by atomic mass is 10.5. The molecule has 0 atom stereocenters. The normalized spacial score (nSPS) is 9.30. The molecule has 1 amide bonds. The van der Waals surface area contributed by atoms with Crippen molar-refractivity contribution in [3.63, 3.8) is 0 Å². The summed E-state index contributed by atoms with van der Waals surface area (Å²) in [6.45, 7) is 0.508. The first-order chi connectivity index (χ1) is 4.83. The van der Waals surface area contributed by atoms with Gasteiger partial charge in [0.05, 0.1) is 6.54 Å². The summed E-state index contributed by atoms with van der Waals surface area (Å²) >= 11 is 6.89. The van der Waals surface area contributed by atoms with Crippen LogP contribution < -0.4 is 5.32 Å². The van der Waals surface area contributed by atoms with Gasteiger partial charge in [-0.2, -0.15) is 0 Å². The zero-order valence-corrected chi connectivity index (χ0v) is 6.58. The molecule has 1 N–H and O–H groups in total. The number of carbonyl (C=O) groups excluding carboxylic acids is 1. The predicted octanol–water partition coefficient (Wildman–Crippen LogP) is 1.04. The van der Waals surface area contributed by atoms with Crippen molar-refractivity contribution in [1.29, 1.82) is 0 Å². The fraction of sp³-hybridized carbons (Fsp3) is 0.200. The number of halogens is 1. The Bertz CT molecular complexity index is 225. The van der Waals surface area contributed by atoms with Crippen LogP contribution in [0.1, 0.15) is 4.88 Å². The van der Waals surface area contributed by atoms with E-state index in [9.17, 15) is 4.79 Å². The van der Waals surface area contributed by atoms with E-state index in [1.54, 1.807) is 6.20 Å². The molecule has 1 rings (SSSR count). The topological polar surface area (TPSA) is 42.0 Å². The quantitative estimate of drug-likeness (QED) is 0.700. The lowest BCUT2D eigenvalue weighted by Gasteiger charge is -1.89. The molecule has 0 radical (unpaired) electrons. The average molecular weight is 177 g/mol. The van der Waals surface area contributed by atoms with Gasteiger partial charge in [0.2, 0.25) is 6.41 Å². The van der Waals surface area contributed by atoms with Crippen LogP contribution in [-0.4, -0.2) is 11.4 Å². The van der Waals surface area contributed by atoms with Gasteiger partial charge in [0.1, 0.15) is 0 Å². The molecule has 0 fully saturated rings. The number of rotatable bonds is 3. The minimum Gasteiger partial charge on any atom is -0.354 e. The number of carbonyl (C=O) groups is 1. The molecule has 54 valence electrons. The van der Waals surface area contributed by atoms with Crippen LogP contribution in [0.4, 0.5) is 0 Å². The third kappa shape index (κ3) is 1.97. The SMILES string of the molecule is O=CNCc1cnc(Cl)s1. The summed E-state index contributed by atoms with van der Waals surface area (Å²) in [5.74, 6) is 0. The smallest absolute Gasteiger partial charge is 0.207 e. The number of aromatic nitrogens is 1. The van der Waals surface area contributed by atoms with Gasteiger partial charge in [-0.05, 0) is 0 Å². The molecule has 0 unspecified atom stereocenters. The number of hydrogen-bond donors (Lipinski definition) is 1. The monoisotopic (exact) mass is 176 g/mol. The van der Waals surface area contributed by atoms with Gasteiger partial charge in [-0.25, -0.2) is 4.98 Å². The molecule has 0 aromatic carbocycles. The van der Waals surface area contributed by atoms with Gasteiger partial charge in [-0.15, -0.1) is 11.3 Å². The van der Waals surface area contributed by atoms with Crippen molar-refractivity contribution >= 4 is 29.3 Å². The highest BCUT2D eigenvalue weighted by molar-refractivity contribution is 7.15. The minimum absolute atomic E-state index is 0.502. The Labute approximate surface area is 67.0 Å². The summed E-state index contributed by atoms with van der Waals surface area (Å²) in [4.78, 5) is 14.6. The Morgan fingerprint density at radius 3 is 3.20 bits per heavy atom. The maximum Gasteiger partial charge on any atom is 0.207 e. The van der Waals surface area contributed by atoms with Crippen molar-refractivity contribution < 1.29 is 4.79 Å². The zero-order chi connectivity index (χ0) is 7.40. The molecular formula is C5H5ClN2OS. The molecular weight excluding hydrogens is 172 g/mol. The van der Waals surface area contributed by atoms with E-state index >= 15 is 0 Å². The van der Waals surface area contributed by atoms with Crippen LogP contribution >= 0.6 is 22.9 Å². The van der Waals surface area contributed by atoms with E-state index in [2.05, 4.69) is 10.3 Å². The van der Waals surface area contributed by atoms with Crippen LogP contribution in [0.25, 0.3) is 0 Å². The highest BCUT2D eigenvalue weighted by Crippen LogP contribution is 2.16. The van der Waals surface area contributed by atoms with E-state index in [0.717, 1.165) is 4.88 Å². The van der Waals surface area contributed by atoms with Crippen molar-refractivity contribution in [1.82, 2.24) is 10.3 Å². The summed E-state index contributed by atoms with van der Waals surface area (Å²) in [5, 5.41) is 2.51. The highest BCUT2D eigenvalue weighted by Gasteiger charge is 1.96. The summed E-state index contributed by atoms with van der Waals surface area (Å²) < 4.78 is 0.502.